The highest BCUT2D eigenvalue weighted by molar-refractivity contribution is 7.13. The molecule has 0 aliphatic heterocycles. The zero-order valence-electron chi connectivity index (χ0n) is 18.7. The van der Waals surface area contributed by atoms with Crippen LogP contribution in [0.15, 0.2) is 60.0 Å². The number of nitrogens with one attached hydrogen (secondary N) is 1. The standard InChI is InChI=1S/C24H24N4O4S/c1-15(16-13-18(30-2)21(32-4)19(14-16)31-3)25-24(29)22-26-23(20-11-8-12-33-20)28(27-22)17-9-6-5-7-10-17/h5-15H,1-4H3,(H,25,29). The quantitative estimate of drug-likeness (QED) is 0.413. The van der Waals surface area contributed by atoms with Crippen LogP contribution in [-0.4, -0.2) is 42.0 Å². The summed E-state index contributed by atoms with van der Waals surface area (Å²) in [5.74, 6) is 1.83. The number of carbonyl (C=O) groups excluding carboxylic acids is 1. The molecule has 2 aromatic carbocycles. The van der Waals surface area contributed by atoms with E-state index in [0.29, 0.717) is 23.1 Å². The minimum absolute atomic E-state index is 0.0848. The molecule has 0 aliphatic carbocycles. The van der Waals surface area contributed by atoms with Crippen LogP contribution >= 0.6 is 11.3 Å². The number of hydrogen-bond acceptors (Lipinski definition) is 7. The summed E-state index contributed by atoms with van der Waals surface area (Å²) in [5, 5.41) is 9.44. The lowest BCUT2D eigenvalue weighted by molar-refractivity contribution is 0.0929. The summed E-state index contributed by atoms with van der Waals surface area (Å²) < 4.78 is 17.9. The van der Waals surface area contributed by atoms with Crippen LogP contribution in [0.1, 0.15) is 29.1 Å². The monoisotopic (exact) mass is 464 g/mol. The van der Waals surface area contributed by atoms with E-state index in [1.807, 2.05) is 54.8 Å². The van der Waals surface area contributed by atoms with Gasteiger partial charge in [-0.2, -0.15) is 0 Å². The van der Waals surface area contributed by atoms with Crippen LogP contribution < -0.4 is 19.5 Å². The Morgan fingerprint density at radius 1 is 1.00 bits per heavy atom. The smallest absolute Gasteiger partial charge is 0.291 e. The third kappa shape index (κ3) is 4.54. The zero-order valence-corrected chi connectivity index (χ0v) is 19.6. The van der Waals surface area contributed by atoms with Crippen molar-refractivity contribution in [1.82, 2.24) is 20.1 Å². The maximum absolute atomic E-state index is 13.1. The average molecular weight is 465 g/mol. The molecule has 2 aromatic heterocycles. The molecule has 1 N–H and O–H groups in total. The van der Waals surface area contributed by atoms with Crippen LogP contribution in [-0.2, 0) is 0 Å². The topological polar surface area (TPSA) is 87.5 Å². The van der Waals surface area contributed by atoms with E-state index in [1.54, 1.807) is 38.1 Å². The molecule has 8 nitrogen and oxygen atoms in total. The summed E-state index contributed by atoms with van der Waals surface area (Å²) in [5.41, 5.74) is 1.61. The van der Waals surface area contributed by atoms with E-state index in [2.05, 4.69) is 15.4 Å². The van der Waals surface area contributed by atoms with Gasteiger partial charge in [0.05, 0.1) is 37.9 Å². The van der Waals surface area contributed by atoms with Gasteiger partial charge < -0.3 is 19.5 Å². The lowest BCUT2D eigenvalue weighted by atomic mass is 10.1. The second-order valence-corrected chi connectivity index (χ2v) is 8.09. The van der Waals surface area contributed by atoms with Crippen molar-refractivity contribution in [3.05, 3.63) is 71.4 Å². The van der Waals surface area contributed by atoms with Gasteiger partial charge in [0.25, 0.3) is 5.91 Å². The fraction of sp³-hybridized carbons (Fsp3) is 0.208. The van der Waals surface area contributed by atoms with Crippen LogP contribution in [0.5, 0.6) is 17.2 Å². The Morgan fingerprint density at radius 2 is 1.70 bits per heavy atom. The molecule has 33 heavy (non-hydrogen) atoms. The first-order chi connectivity index (χ1) is 16.0. The van der Waals surface area contributed by atoms with E-state index in [-0.39, 0.29) is 17.8 Å². The van der Waals surface area contributed by atoms with Crippen molar-refractivity contribution in [3.63, 3.8) is 0 Å². The number of hydrogen-bond donors (Lipinski definition) is 1. The molecule has 170 valence electrons. The van der Waals surface area contributed by atoms with Crippen LogP contribution in [0, 0.1) is 0 Å². The molecule has 2 heterocycles. The molecular weight excluding hydrogens is 440 g/mol. The Kier molecular flexibility index (Phi) is 6.60. The van der Waals surface area contributed by atoms with Crippen molar-refractivity contribution in [1.29, 1.82) is 0 Å². The molecule has 0 bridgehead atoms. The molecule has 0 saturated carbocycles. The van der Waals surface area contributed by atoms with Gasteiger partial charge in [0.15, 0.2) is 17.3 Å². The highest BCUT2D eigenvalue weighted by Gasteiger charge is 2.22. The van der Waals surface area contributed by atoms with Gasteiger partial charge in [0.2, 0.25) is 11.6 Å². The molecule has 0 radical (unpaired) electrons. The molecule has 0 fully saturated rings. The number of amides is 1. The van der Waals surface area contributed by atoms with Crippen LogP contribution in [0.3, 0.4) is 0 Å². The van der Waals surface area contributed by atoms with Gasteiger partial charge in [0, 0.05) is 0 Å². The molecule has 4 rings (SSSR count). The van der Waals surface area contributed by atoms with Crippen molar-refractivity contribution < 1.29 is 19.0 Å². The van der Waals surface area contributed by atoms with Crippen molar-refractivity contribution in [2.75, 3.05) is 21.3 Å². The predicted octanol–water partition coefficient (Wildman–Crippen LogP) is 4.51. The Balaban J connectivity index is 1.64. The number of aromatic nitrogens is 3. The number of ether oxygens (including phenoxy) is 3. The van der Waals surface area contributed by atoms with Crippen molar-refractivity contribution in [3.8, 4) is 33.6 Å². The Bertz CT molecular complexity index is 1210. The van der Waals surface area contributed by atoms with E-state index in [4.69, 9.17) is 14.2 Å². The van der Waals surface area contributed by atoms with Gasteiger partial charge >= 0.3 is 0 Å². The highest BCUT2D eigenvalue weighted by atomic mass is 32.1. The highest BCUT2D eigenvalue weighted by Crippen LogP contribution is 2.39. The first-order valence-electron chi connectivity index (χ1n) is 10.2. The fourth-order valence-corrected chi connectivity index (χ4v) is 4.12. The molecule has 1 atom stereocenters. The molecular formula is C24H24N4O4S. The largest absolute Gasteiger partial charge is 0.493 e. The predicted molar refractivity (Wildman–Crippen MR) is 127 cm³/mol. The van der Waals surface area contributed by atoms with E-state index in [0.717, 1.165) is 16.1 Å². The number of thiophene rings is 1. The van der Waals surface area contributed by atoms with Gasteiger partial charge in [-0.15, -0.1) is 16.4 Å². The molecule has 0 saturated heterocycles. The van der Waals surface area contributed by atoms with Crippen LogP contribution in [0.4, 0.5) is 0 Å². The Labute approximate surface area is 195 Å². The Hall–Kier alpha value is -3.85. The van der Waals surface area contributed by atoms with Crippen LogP contribution in [0.25, 0.3) is 16.4 Å². The van der Waals surface area contributed by atoms with Gasteiger partial charge in [-0.05, 0) is 48.2 Å². The number of carbonyl (C=O) groups is 1. The fourth-order valence-electron chi connectivity index (χ4n) is 3.42. The summed E-state index contributed by atoms with van der Waals surface area (Å²) >= 11 is 1.54. The number of benzene rings is 2. The van der Waals surface area contributed by atoms with E-state index >= 15 is 0 Å². The van der Waals surface area contributed by atoms with E-state index < -0.39 is 0 Å². The van der Waals surface area contributed by atoms with Crippen molar-refractivity contribution in [2.45, 2.75) is 13.0 Å². The summed E-state index contributed by atoms with van der Waals surface area (Å²) in [4.78, 5) is 18.6. The normalized spacial score (nSPS) is 11.6. The first kappa shape index (κ1) is 22.3. The van der Waals surface area contributed by atoms with Crippen LogP contribution in [0.2, 0.25) is 0 Å². The molecule has 9 heteroatoms. The molecule has 0 aliphatic rings. The lowest BCUT2D eigenvalue weighted by Crippen LogP contribution is -2.27. The number of methoxy groups -OCH3 is 3. The van der Waals surface area contributed by atoms with Gasteiger partial charge in [-0.3, -0.25) is 4.79 Å². The van der Waals surface area contributed by atoms with Crippen molar-refractivity contribution in [2.24, 2.45) is 0 Å². The average Bonchev–Trinajstić information content (AvgIpc) is 3.53. The molecule has 4 aromatic rings. The first-order valence-corrected chi connectivity index (χ1v) is 11.1. The molecule has 0 spiro atoms. The van der Waals surface area contributed by atoms with Gasteiger partial charge in [-0.25, -0.2) is 9.67 Å². The summed E-state index contributed by atoms with van der Waals surface area (Å²) in [6.45, 7) is 1.87. The number of para-hydroxylation sites is 1. The SMILES string of the molecule is COc1cc(C(C)NC(=O)c2nc(-c3cccs3)n(-c3ccccc3)n2)cc(OC)c1OC. The summed E-state index contributed by atoms with van der Waals surface area (Å²) in [7, 11) is 4.65. The summed E-state index contributed by atoms with van der Waals surface area (Å²) in [6, 6.07) is 16.8. The second-order valence-electron chi connectivity index (χ2n) is 7.14. The van der Waals surface area contributed by atoms with E-state index in [9.17, 15) is 4.79 Å². The Morgan fingerprint density at radius 3 is 2.27 bits per heavy atom. The lowest BCUT2D eigenvalue weighted by Gasteiger charge is -2.18. The third-order valence-electron chi connectivity index (χ3n) is 5.09. The van der Waals surface area contributed by atoms with Crippen molar-refractivity contribution >= 4 is 17.2 Å². The minimum atomic E-state index is -0.385. The maximum atomic E-state index is 13.1. The number of nitrogens with zero attached hydrogens (tertiary/aromatic N) is 3. The third-order valence-corrected chi connectivity index (χ3v) is 5.95. The zero-order chi connectivity index (χ0) is 23.4. The van der Waals surface area contributed by atoms with Gasteiger partial charge in [-0.1, -0.05) is 24.3 Å². The van der Waals surface area contributed by atoms with E-state index in [1.165, 1.54) is 11.3 Å². The second kappa shape index (κ2) is 9.74. The minimum Gasteiger partial charge on any atom is -0.493 e. The van der Waals surface area contributed by atoms with Gasteiger partial charge in [0.1, 0.15) is 0 Å². The molecule has 1 amide bonds. The summed E-state index contributed by atoms with van der Waals surface area (Å²) in [6.07, 6.45) is 0. The molecule has 1 unspecified atom stereocenters. The number of rotatable bonds is 8. The maximum Gasteiger partial charge on any atom is 0.291 e.